The van der Waals surface area contributed by atoms with Gasteiger partial charge in [-0.25, -0.2) is 4.98 Å². The number of anilines is 1. The first-order chi connectivity index (χ1) is 12.6. The van der Waals surface area contributed by atoms with Crippen LogP contribution in [-0.2, 0) is 4.79 Å². The standard InChI is InChI=1S/C19H18N4OS2/c1-13(2)14-3-5-16(6-4-14)23-9-8-21-19(23)26-12-17(24)22-18-15(11-20)7-10-25-18/h3-10,13H,12H2,1-2H3,(H,22,24). The van der Waals surface area contributed by atoms with E-state index in [2.05, 4.69) is 54.5 Å². The van der Waals surface area contributed by atoms with Gasteiger partial charge >= 0.3 is 0 Å². The molecule has 0 saturated carbocycles. The number of benzene rings is 1. The molecule has 3 rings (SSSR count). The van der Waals surface area contributed by atoms with E-state index in [9.17, 15) is 4.79 Å². The van der Waals surface area contributed by atoms with Gasteiger partial charge < -0.3 is 5.32 Å². The summed E-state index contributed by atoms with van der Waals surface area (Å²) in [6.45, 7) is 4.33. The van der Waals surface area contributed by atoms with Crippen LogP contribution in [0.15, 0.2) is 53.3 Å². The van der Waals surface area contributed by atoms with Crippen LogP contribution in [0.25, 0.3) is 5.69 Å². The van der Waals surface area contributed by atoms with Gasteiger partial charge in [0.2, 0.25) is 5.91 Å². The second-order valence-electron chi connectivity index (χ2n) is 5.94. The van der Waals surface area contributed by atoms with Crippen molar-refractivity contribution in [3.63, 3.8) is 0 Å². The molecular formula is C19H18N4OS2. The summed E-state index contributed by atoms with van der Waals surface area (Å²) in [6.07, 6.45) is 3.61. The van der Waals surface area contributed by atoms with E-state index in [-0.39, 0.29) is 11.7 Å². The second kappa shape index (κ2) is 8.21. The zero-order valence-electron chi connectivity index (χ0n) is 14.5. The van der Waals surface area contributed by atoms with E-state index in [1.165, 1.54) is 28.7 Å². The minimum atomic E-state index is -0.154. The minimum Gasteiger partial charge on any atom is -0.316 e. The highest BCUT2D eigenvalue weighted by molar-refractivity contribution is 7.99. The highest BCUT2D eigenvalue weighted by Crippen LogP contribution is 2.25. The molecule has 7 heteroatoms. The summed E-state index contributed by atoms with van der Waals surface area (Å²) in [5.74, 6) is 0.558. The van der Waals surface area contributed by atoms with E-state index < -0.39 is 0 Å². The zero-order chi connectivity index (χ0) is 18.5. The maximum absolute atomic E-state index is 12.2. The van der Waals surface area contributed by atoms with E-state index in [1.807, 2.05) is 10.8 Å². The molecule has 0 unspecified atom stereocenters. The average Bonchev–Trinajstić information content (AvgIpc) is 3.28. The fourth-order valence-corrected chi connectivity index (χ4v) is 3.93. The van der Waals surface area contributed by atoms with E-state index >= 15 is 0 Å². The Morgan fingerprint density at radius 3 is 2.81 bits per heavy atom. The van der Waals surface area contributed by atoms with Crippen molar-refractivity contribution in [2.45, 2.75) is 24.9 Å². The van der Waals surface area contributed by atoms with Crippen molar-refractivity contribution in [3.05, 3.63) is 59.2 Å². The number of carbonyl (C=O) groups is 1. The summed E-state index contributed by atoms with van der Waals surface area (Å²) >= 11 is 2.71. The Kier molecular flexibility index (Phi) is 5.76. The molecule has 0 radical (unpaired) electrons. The molecule has 132 valence electrons. The molecule has 1 amide bonds. The smallest absolute Gasteiger partial charge is 0.235 e. The van der Waals surface area contributed by atoms with Crippen LogP contribution in [0.3, 0.4) is 0 Å². The van der Waals surface area contributed by atoms with Crippen LogP contribution in [0.5, 0.6) is 0 Å². The zero-order valence-corrected chi connectivity index (χ0v) is 16.1. The summed E-state index contributed by atoms with van der Waals surface area (Å²) in [5.41, 5.74) is 2.78. The van der Waals surface area contributed by atoms with Gasteiger partial charge in [0.15, 0.2) is 5.16 Å². The number of hydrogen-bond acceptors (Lipinski definition) is 5. The van der Waals surface area contributed by atoms with Crippen molar-refractivity contribution in [2.24, 2.45) is 0 Å². The van der Waals surface area contributed by atoms with Gasteiger partial charge in [0, 0.05) is 18.1 Å². The number of nitrogens with one attached hydrogen (secondary N) is 1. The summed E-state index contributed by atoms with van der Waals surface area (Å²) < 4.78 is 1.97. The number of nitriles is 1. The summed E-state index contributed by atoms with van der Waals surface area (Å²) in [6, 6.07) is 12.1. The lowest BCUT2D eigenvalue weighted by atomic mass is 10.0. The van der Waals surface area contributed by atoms with E-state index in [0.29, 0.717) is 16.5 Å². The van der Waals surface area contributed by atoms with Gasteiger partial charge in [-0.05, 0) is 35.1 Å². The SMILES string of the molecule is CC(C)c1ccc(-n2ccnc2SCC(=O)Nc2sccc2C#N)cc1. The van der Waals surface area contributed by atoms with Crippen LogP contribution in [-0.4, -0.2) is 21.2 Å². The molecule has 0 spiro atoms. The second-order valence-corrected chi connectivity index (χ2v) is 7.80. The molecule has 0 fully saturated rings. The van der Waals surface area contributed by atoms with Crippen LogP contribution in [0, 0.1) is 11.3 Å². The Morgan fingerprint density at radius 2 is 2.12 bits per heavy atom. The first kappa shape index (κ1) is 18.2. The highest BCUT2D eigenvalue weighted by Gasteiger charge is 2.12. The van der Waals surface area contributed by atoms with Crippen molar-refractivity contribution in [2.75, 3.05) is 11.1 Å². The summed E-state index contributed by atoms with van der Waals surface area (Å²) in [7, 11) is 0. The van der Waals surface area contributed by atoms with Gasteiger partial charge in [-0.1, -0.05) is 37.7 Å². The van der Waals surface area contributed by atoms with Crippen molar-refractivity contribution in [3.8, 4) is 11.8 Å². The number of rotatable bonds is 6. The van der Waals surface area contributed by atoms with E-state index in [0.717, 1.165) is 10.8 Å². The molecule has 3 aromatic rings. The molecule has 5 nitrogen and oxygen atoms in total. The van der Waals surface area contributed by atoms with Gasteiger partial charge in [0.05, 0.1) is 11.3 Å². The van der Waals surface area contributed by atoms with Crippen molar-refractivity contribution in [1.82, 2.24) is 9.55 Å². The third-order valence-electron chi connectivity index (χ3n) is 3.82. The Balaban J connectivity index is 1.65. The normalized spacial score (nSPS) is 10.7. The van der Waals surface area contributed by atoms with Gasteiger partial charge in [-0.2, -0.15) is 5.26 Å². The van der Waals surface area contributed by atoms with Gasteiger partial charge in [-0.15, -0.1) is 11.3 Å². The predicted octanol–water partition coefficient (Wildman–Crippen LogP) is 4.66. The monoisotopic (exact) mass is 382 g/mol. The van der Waals surface area contributed by atoms with E-state index in [1.54, 1.807) is 17.6 Å². The summed E-state index contributed by atoms with van der Waals surface area (Å²) in [4.78, 5) is 16.5. The number of thiophene rings is 1. The van der Waals surface area contributed by atoms with Gasteiger partial charge in [0.1, 0.15) is 11.1 Å². The van der Waals surface area contributed by atoms with E-state index in [4.69, 9.17) is 5.26 Å². The molecule has 2 aromatic heterocycles. The number of hydrogen-bond donors (Lipinski definition) is 1. The maximum Gasteiger partial charge on any atom is 0.235 e. The number of imidazole rings is 1. The minimum absolute atomic E-state index is 0.154. The van der Waals surface area contributed by atoms with Crippen LogP contribution in [0.2, 0.25) is 0 Å². The third kappa shape index (κ3) is 4.15. The fraction of sp³-hybridized carbons (Fsp3) is 0.211. The number of carbonyl (C=O) groups excluding carboxylic acids is 1. The lowest BCUT2D eigenvalue weighted by Gasteiger charge is -2.10. The molecule has 1 aromatic carbocycles. The molecule has 2 heterocycles. The number of amides is 1. The first-order valence-corrected chi connectivity index (χ1v) is 9.99. The Morgan fingerprint density at radius 1 is 1.35 bits per heavy atom. The number of nitrogens with zero attached hydrogens (tertiary/aromatic N) is 3. The third-order valence-corrected chi connectivity index (χ3v) is 5.61. The predicted molar refractivity (Wildman–Crippen MR) is 106 cm³/mol. The molecule has 0 aliphatic rings. The van der Waals surface area contributed by atoms with Crippen LogP contribution in [0.4, 0.5) is 5.00 Å². The molecule has 1 N–H and O–H groups in total. The Hall–Kier alpha value is -2.56. The van der Waals surface area contributed by atoms with Crippen LogP contribution >= 0.6 is 23.1 Å². The Bertz CT molecular complexity index is 935. The lowest BCUT2D eigenvalue weighted by Crippen LogP contribution is -2.14. The average molecular weight is 383 g/mol. The molecule has 0 aliphatic heterocycles. The van der Waals surface area contributed by atoms with Gasteiger partial charge in [0.25, 0.3) is 0 Å². The van der Waals surface area contributed by atoms with Crippen molar-refractivity contribution in [1.29, 1.82) is 5.26 Å². The fourth-order valence-electron chi connectivity index (χ4n) is 2.40. The quantitative estimate of drug-likeness (QED) is 0.630. The van der Waals surface area contributed by atoms with Crippen molar-refractivity contribution < 1.29 is 4.79 Å². The molecule has 0 bridgehead atoms. The summed E-state index contributed by atoms with van der Waals surface area (Å²) in [5, 5.41) is 14.9. The Labute approximate surface area is 160 Å². The largest absolute Gasteiger partial charge is 0.316 e. The maximum atomic E-state index is 12.2. The van der Waals surface area contributed by atoms with Crippen molar-refractivity contribution >= 4 is 34.0 Å². The number of aromatic nitrogens is 2. The highest BCUT2D eigenvalue weighted by atomic mass is 32.2. The van der Waals surface area contributed by atoms with Crippen LogP contribution < -0.4 is 5.32 Å². The first-order valence-electron chi connectivity index (χ1n) is 8.12. The van der Waals surface area contributed by atoms with Gasteiger partial charge in [-0.3, -0.25) is 9.36 Å². The topological polar surface area (TPSA) is 70.7 Å². The number of thioether (sulfide) groups is 1. The molecule has 0 atom stereocenters. The lowest BCUT2D eigenvalue weighted by molar-refractivity contribution is -0.113. The molecule has 26 heavy (non-hydrogen) atoms. The molecule has 0 aliphatic carbocycles. The molecular weight excluding hydrogens is 364 g/mol. The molecule has 0 saturated heterocycles. The van der Waals surface area contributed by atoms with Crippen LogP contribution in [0.1, 0.15) is 30.9 Å².